The minimum absolute atomic E-state index is 0.0369. The zero-order chi connectivity index (χ0) is 22.4. The molecule has 3 fully saturated rings. The van der Waals surface area contributed by atoms with E-state index in [4.69, 9.17) is 4.98 Å². The van der Waals surface area contributed by atoms with Gasteiger partial charge < -0.3 is 14.9 Å². The Morgan fingerprint density at radius 2 is 1.70 bits per heavy atom. The molecule has 2 saturated heterocycles. The number of aliphatic hydroxyl groups excluding tert-OH is 1. The number of nitrogens with zero attached hydrogens (tertiary/aromatic N) is 4. The van der Waals surface area contributed by atoms with Crippen LogP contribution in [0.5, 0.6) is 0 Å². The van der Waals surface area contributed by atoms with E-state index < -0.39 is 0 Å². The number of hydrogen-bond donors (Lipinski definition) is 1. The van der Waals surface area contributed by atoms with Crippen molar-refractivity contribution in [3.05, 3.63) is 53.2 Å². The van der Waals surface area contributed by atoms with Crippen LogP contribution in [0.15, 0.2) is 42.1 Å². The third-order valence-corrected chi connectivity index (χ3v) is 8.54. The summed E-state index contributed by atoms with van der Waals surface area (Å²) in [6, 6.07) is 11.2. The van der Waals surface area contributed by atoms with Crippen molar-refractivity contribution in [2.45, 2.75) is 38.2 Å². The SMILES string of the molecule is CN1CCN(c2ccc(-c3nccc4c3C=C(CN3CCC5(CC3)CC(O)C5)C4)cc2)CC1. The molecule has 1 spiro atoms. The van der Waals surface area contributed by atoms with Gasteiger partial charge in [0.15, 0.2) is 0 Å². The quantitative estimate of drug-likeness (QED) is 0.779. The Kier molecular flexibility index (Phi) is 5.52. The number of piperidine rings is 1. The van der Waals surface area contributed by atoms with Gasteiger partial charge in [0, 0.05) is 55.7 Å². The largest absolute Gasteiger partial charge is 0.393 e. The van der Waals surface area contributed by atoms with Gasteiger partial charge in [-0.1, -0.05) is 23.8 Å². The monoisotopic (exact) mass is 444 g/mol. The molecular formula is C28H36N4O. The van der Waals surface area contributed by atoms with Crippen LogP contribution in [-0.4, -0.2) is 78.9 Å². The third kappa shape index (κ3) is 4.23. The predicted octanol–water partition coefficient (Wildman–Crippen LogP) is 3.68. The number of benzene rings is 1. The van der Waals surface area contributed by atoms with Crippen LogP contribution in [0, 0.1) is 5.41 Å². The summed E-state index contributed by atoms with van der Waals surface area (Å²) >= 11 is 0. The van der Waals surface area contributed by atoms with Gasteiger partial charge in [0.1, 0.15) is 0 Å². The first-order valence-corrected chi connectivity index (χ1v) is 12.7. The maximum atomic E-state index is 9.74. The number of aliphatic hydroxyl groups is 1. The molecule has 0 bridgehead atoms. The molecule has 5 nitrogen and oxygen atoms in total. The average Bonchev–Trinajstić information content (AvgIpc) is 3.23. The topological polar surface area (TPSA) is 42.8 Å². The molecule has 1 aromatic carbocycles. The molecule has 0 radical (unpaired) electrons. The van der Waals surface area contributed by atoms with Crippen LogP contribution >= 0.6 is 0 Å². The van der Waals surface area contributed by atoms with Gasteiger partial charge in [0.25, 0.3) is 0 Å². The molecule has 0 unspecified atom stereocenters. The van der Waals surface area contributed by atoms with E-state index in [-0.39, 0.29) is 6.10 Å². The number of likely N-dealkylation sites (tertiary alicyclic amines) is 1. The van der Waals surface area contributed by atoms with Gasteiger partial charge in [-0.3, -0.25) is 9.88 Å². The fourth-order valence-corrected chi connectivity index (χ4v) is 6.38. The summed E-state index contributed by atoms with van der Waals surface area (Å²) in [7, 11) is 2.20. The molecule has 1 aromatic heterocycles. The molecule has 0 amide bonds. The van der Waals surface area contributed by atoms with Gasteiger partial charge in [0.05, 0.1) is 11.8 Å². The second-order valence-electron chi connectivity index (χ2n) is 10.9. The highest BCUT2D eigenvalue weighted by atomic mass is 16.3. The summed E-state index contributed by atoms with van der Waals surface area (Å²) in [5.41, 5.74) is 8.34. The number of hydrogen-bond acceptors (Lipinski definition) is 5. The van der Waals surface area contributed by atoms with E-state index >= 15 is 0 Å². The summed E-state index contributed by atoms with van der Waals surface area (Å²) in [4.78, 5) is 12.3. The van der Waals surface area contributed by atoms with E-state index in [2.05, 4.69) is 58.2 Å². The average molecular weight is 445 g/mol. The zero-order valence-corrected chi connectivity index (χ0v) is 19.8. The maximum Gasteiger partial charge on any atom is 0.0777 e. The lowest BCUT2D eigenvalue weighted by Crippen LogP contribution is -2.49. The number of fused-ring (bicyclic) bond motifs is 1. The molecular weight excluding hydrogens is 408 g/mol. The highest BCUT2D eigenvalue weighted by Gasteiger charge is 2.45. The first kappa shape index (κ1) is 21.3. The van der Waals surface area contributed by atoms with Crippen molar-refractivity contribution in [1.82, 2.24) is 14.8 Å². The minimum atomic E-state index is -0.0369. The second-order valence-corrected chi connectivity index (χ2v) is 10.9. The van der Waals surface area contributed by atoms with Crippen LogP contribution in [0.4, 0.5) is 5.69 Å². The fraction of sp³-hybridized carbons (Fsp3) is 0.536. The Morgan fingerprint density at radius 3 is 2.39 bits per heavy atom. The van der Waals surface area contributed by atoms with E-state index in [1.54, 1.807) is 0 Å². The first-order valence-electron chi connectivity index (χ1n) is 12.7. The molecule has 6 rings (SSSR count). The number of pyridine rings is 1. The van der Waals surface area contributed by atoms with Crippen LogP contribution in [0.2, 0.25) is 0 Å². The van der Waals surface area contributed by atoms with Gasteiger partial charge in [-0.25, -0.2) is 0 Å². The van der Waals surface area contributed by atoms with Gasteiger partial charge in [-0.2, -0.15) is 0 Å². The highest BCUT2D eigenvalue weighted by Crippen LogP contribution is 2.49. The number of aromatic nitrogens is 1. The van der Waals surface area contributed by atoms with Crippen molar-refractivity contribution in [2.75, 3.05) is 57.8 Å². The first-order chi connectivity index (χ1) is 16.1. The summed E-state index contributed by atoms with van der Waals surface area (Å²) in [6.07, 6.45) is 9.94. The van der Waals surface area contributed by atoms with Crippen LogP contribution in [0.25, 0.3) is 17.3 Å². The Morgan fingerprint density at radius 1 is 0.970 bits per heavy atom. The van der Waals surface area contributed by atoms with Gasteiger partial charge >= 0.3 is 0 Å². The molecule has 1 saturated carbocycles. The number of likely N-dealkylation sites (N-methyl/N-ethyl adjacent to an activating group) is 1. The normalized spacial score (nSPS) is 23.5. The van der Waals surface area contributed by atoms with Crippen LogP contribution in [0.3, 0.4) is 0 Å². The molecule has 3 heterocycles. The van der Waals surface area contributed by atoms with Crippen LogP contribution in [-0.2, 0) is 6.42 Å². The van der Waals surface area contributed by atoms with E-state index in [9.17, 15) is 5.11 Å². The van der Waals surface area contributed by atoms with E-state index in [0.29, 0.717) is 5.41 Å². The molecule has 174 valence electrons. The zero-order valence-electron chi connectivity index (χ0n) is 19.8. The Bertz CT molecular complexity index is 1020. The summed E-state index contributed by atoms with van der Waals surface area (Å²) in [6.45, 7) is 7.85. The molecule has 2 aromatic rings. The fourth-order valence-electron chi connectivity index (χ4n) is 6.38. The van der Waals surface area contributed by atoms with Crippen molar-refractivity contribution in [1.29, 1.82) is 0 Å². The lowest BCUT2D eigenvalue weighted by molar-refractivity contribution is -0.0668. The molecule has 4 aliphatic rings. The van der Waals surface area contributed by atoms with Gasteiger partial charge in [-0.05, 0) is 81.4 Å². The number of anilines is 1. The predicted molar refractivity (Wildman–Crippen MR) is 134 cm³/mol. The third-order valence-electron chi connectivity index (χ3n) is 8.54. The van der Waals surface area contributed by atoms with E-state index in [0.717, 1.165) is 57.7 Å². The maximum absolute atomic E-state index is 9.74. The molecule has 2 aliphatic heterocycles. The lowest BCUT2D eigenvalue weighted by atomic mass is 9.61. The second kappa shape index (κ2) is 8.53. The Balaban J connectivity index is 1.14. The summed E-state index contributed by atoms with van der Waals surface area (Å²) in [5.74, 6) is 0. The molecule has 2 aliphatic carbocycles. The van der Waals surface area contributed by atoms with Crippen molar-refractivity contribution >= 4 is 11.8 Å². The van der Waals surface area contributed by atoms with Crippen LogP contribution in [0.1, 0.15) is 36.8 Å². The van der Waals surface area contributed by atoms with Gasteiger partial charge in [0.2, 0.25) is 0 Å². The molecule has 33 heavy (non-hydrogen) atoms. The molecule has 0 atom stereocenters. The van der Waals surface area contributed by atoms with Gasteiger partial charge in [-0.15, -0.1) is 0 Å². The number of piperazine rings is 1. The Hall–Kier alpha value is -2.21. The van der Waals surface area contributed by atoms with Crippen molar-refractivity contribution < 1.29 is 5.11 Å². The van der Waals surface area contributed by atoms with Crippen molar-refractivity contribution in [3.8, 4) is 11.3 Å². The molecule has 1 N–H and O–H groups in total. The highest BCUT2D eigenvalue weighted by molar-refractivity contribution is 5.78. The van der Waals surface area contributed by atoms with Crippen molar-refractivity contribution in [3.63, 3.8) is 0 Å². The minimum Gasteiger partial charge on any atom is -0.393 e. The molecule has 5 heteroatoms. The lowest BCUT2D eigenvalue weighted by Gasteiger charge is -2.50. The summed E-state index contributed by atoms with van der Waals surface area (Å²) in [5, 5.41) is 9.74. The van der Waals surface area contributed by atoms with Crippen LogP contribution < -0.4 is 4.90 Å². The smallest absolute Gasteiger partial charge is 0.0777 e. The van der Waals surface area contributed by atoms with Crippen molar-refractivity contribution in [2.24, 2.45) is 5.41 Å². The standard InChI is InChI=1S/C28H36N4O/c1-30-12-14-32(15-13-30)24-4-2-22(3-5-24)27-26-17-21(16-23(26)6-9-29-27)20-31-10-7-28(8-11-31)18-25(33)19-28/h2-6,9,17,25,33H,7-8,10-16,18-20H2,1H3. The van der Waals surface area contributed by atoms with E-state index in [1.807, 2.05) is 6.20 Å². The summed E-state index contributed by atoms with van der Waals surface area (Å²) < 4.78 is 0. The number of rotatable bonds is 4. The Labute approximate surface area is 197 Å². The van der Waals surface area contributed by atoms with E-state index in [1.165, 1.54) is 53.9 Å².